The number of benzene rings is 1. The van der Waals surface area contributed by atoms with E-state index in [1.54, 1.807) is 6.07 Å². The van der Waals surface area contributed by atoms with Gasteiger partial charge in [-0.3, -0.25) is 9.59 Å². The van der Waals surface area contributed by atoms with Crippen molar-refractivity contribution in [3.8, 4) is 0 Å². The number of nitrogens with one attached hydrogen (secondary N) is 1. The Labute approximate surface area is 178 Å². The highest BCUT2D eigenvalue weighted by molar-refractivity contribution is 5.75. The zero-order valence-corrected chi connectivity index (χ0v) is 18.0. The number of para-hydroxylation sites is 1. The van der Waals surface area contributed by atoms with Gasteiger partial charge in [-0.05, 0) is 31.3 Å². The van der Waals surface area contributed by atoms with Crippen LogP contribution in [0.2, 0.25) is 0 Å². The van der Waals surface area contributed by atoms with Crippen molar-refractivity contribution in [3.63, 3.8) is 0 Å². The number of likely N-dealkylation sites (N-methyl/N-ethyl adjacent to an activating group) is 1. The fourth-order valence-electron chi connectivity index (χ4n) is 3.64. The molecule has 3 rings (SSSR count). The molecule has 1 amide bonds. The average Bonchev–Trinajstić information content (AvgIpc) is 2.79. The molecule has 0 saturated carbocycles. The molecule has 30 heavy (non-hydrogen) atoms. The van der Waals surface area contributed by atoms with Crippen LogP contribution in [0.1, 0.15) is 13.8 Å². The third kappa shape index (κ3) is 5.82. The van der Waals surface area contributed by atoms with E-state index in [4.69, 9.17) is 0 Å². The first-order valence-electron chi connectivity index (χ1n) is 10.7. The number of carbonyl (C=O) groups is 1. The zero-order valence-electron chi connectivity index (χ0n) is 18.0. The lowest BCUT2D eigenvalue weighted by Gasteiger charge is -2.36. The lowest BCUT2D eigenvalue weighted by molar-refractivity contribution is -0.121. The topological polar surface area (TPSA) is 73.7 Å². The molecule has 0 spiro atoms. The minimum absolute atomic E-state index is 0.0606. The second kappa shape index (κ2) is 10.8. The highest BCUT2D eigenvalue weighted by Gasteiger charge is 2.19. The molecule has 1 saturated heterocycles. The SMILES string of the molecule is CCN(CC)CCNC(=O)Cn1nc(N2CCN(c3ccccc3)CC2)ccc1=O. The van der Waals surface area contributed by atoms with Crippen molar-refractivity contribution >= 4 is 17.4 Å². The summed E-state index contributed by atoms with van der Waals surface area (Å²) in [5, 5.41) is 7.33. The molecule has 1 aliphatic rings. The predicted molar refractivity (Wildman–Crippen MR) is 120 cm³/mol. The van der Waals surface area contributed by atoms with Gasteiger partial charge in [0.05, 0.1) is 0 Å². The maximum atomic E-state index is 12.3. The number of nitrogens with zero attached hydrogens (tertiary/aromatic N) is 5. The molecule has 0 radical (unpaired) electrons. The summed E-state index contributed by atoms with van der Waals surface area (Å²) in [4.78, 5) is 31.2. The number of hydrogen-bond donors (Lipinski definition) is 1. The Bertz CT molecular complexity index is 857. The molecule has 162 valence electrons. The Morgan fingerprint density at radius 1 is 1.00 bits per heavy atom. The lowest BCUT2D eigenvalue weighted by Crippen LogP contribution is -2.47. The fourth-order valence-corrected chi connectivity index (χ4v) is 3.64. The Balaban J connectivity index is 1.55. The number of anilines is 2. The molecule has 0 unspecified atom stereocenters. The third-order valence-corrected chi connectivity index (χ3v) is 5.52. The average molecular weight is 413 g/mol. The molecule has 8 heteroatoms. The Morgan fingerprint density at radius 2 is 1.67 bits per heavy atom. The van der Waals surface area contributed by atoms with Crippen molar-refractivity contribution in [2.45, 2.75) is 20.4 Å². The van der Waals surface area contributed by atoms with Crippen LogP contribution in [0.25, 0.3) is 0 Å². The van der Waals surface area contributed by atoms with Crippen molar-refractivity contribution in [3.05, 3.63) is 52.8 Å². The molecule has 0 bridgehead atoms. The van der Waals surface area contributed by atoms with Gasteiger partial charge in [0.1, 0.15) is 12.4 Å². The standard InChI is InChI=1S/C22H32N6O2/c1-3-25(4-2)13-12-23-21(29)18-28-22(30)11-10-20(24-28)27-16-14-26(15-17-27)19-8-6-5-7-9-19/h5-11H,3-4,12-18H2,1-2H3,(H,23,29). The first-order valence-corrected chi connectivity index (χ1v) is 10.7. The molecule has 2 heterocycles. The fraction of sp³-hybridized carbons (Fsp3) is 0.500. The summed E-state index contributed by atoms with van der Waals surface area (Å²) < 4.78 is 1.26. The molecule has 1 aromatic heterocycles. The van der Waals surface area contributed by atoms with E-state index in [0.29, 0.717) is 6.54 Å². The first-order chi connectivity index (χ1) is 14.6. The van der Waals surface area contributed by atoms with Gasteiger partial charge in [0.2, 0.25) is 5.91 Å². The van der Waals surface area contributed by atoms with Crippen LogP contribution in [-0.2, 0) is 11.3 Å². The second-order valence-corrected chi connectivity index (χ2v) is 7.37. The molecular formula is C22H32N6O2. The van der Waals surface area contributed by atoms with E-state index in [2.05, 4.69) is 51.1 Å². The number of rotatable bonds is 9. The molecule has 1 aromatic carbocycles. The number of hydrogen-bond acceptors (Lipinski definition) is 6. The van der Waals surface area contributed by atoms with Gasteiger partial charge in [0.15, 0.2) is 0 Å². The molecule has 8 nitrogen and oxygen atoms in total. The number of amides is 1. The number of piperazine rings is 1. The van der Waals surface area contributed by atoms with Crippen molar-refractivity contribution in [1.82, 2.24) is 20.0 Å². The van der Waals surface area contributed by atoms with Gasteiger partial charge in [-0.1, -0.05) is 32.0 Å². The summed E-state index contributed by atoms with van der Waals surface area (Å²) in [6.45, 7) is 10.8. The minimum atomic E-state index is -0.263. The van der Waals surface area contributed by atoms with Crippen LogP contribution in [0.4, 0.5) is 11.5 Å². The van der Waals surface area contributed by atoms with Crippen LogP contribution in [-0.4, -0.2) is 72.9 Å². The highest BCUT2D eigenvalue weighted by Crippen LogP contribution is 2.18. The Hall–Kier alpha value is -2.87. The molecule has 1 N–H and O–H groups in total. The molecule has 0 atom stereocenters. The summed E-state index contributed by atoms with van der Waals surface area (Å²) in [5.74, 6) is 0.543. The predicted octanol–water partition coefficient (Wildman–Crippen LogP) is 1.03. The van der Waals surface area contributed by atoms with Gasteiger partial charge in [0.25, 0.3) is 5.56 Å². The van der Waals surface area contributed by atoms with Gasteiger partial charge in [0, 0.05) is 51.0 Å². The van der Waals surface area contributed by atoms with Gasteiger partial charge in [-0.15, -0.1) is 0 Å². The van der Waals surface area contributed by atoms with Crippen LogP contribution >= 0.6 is 0 Å². The summed E-state index contributed by atoms with van der Waals surface area (Å²) in [6.07, 6.45) is 0. The van der Waals surface area contributed by atoms with Crippen molar-refractivity contribution in [2.24, 2.45) is 0 Å². The van der Waals surface area contributed by atoms with Crippen LogP contribution in [0.3, 0.4) is 0 Å². The minimum Gasteiger partial charge on any atom is -0.368 e. The normalized spacial score (nSPS) is 14.2. The molecule has 2 aromatic rings. The van der Waals surface area contributed by atoms with E-state index in [0.717, 1.165) is 51.6 Å². The summed E-state index contributed by atoms with van der Waals surface area (Å²) in [5.41, 5.74) is 0.956. The summed E-state index contributed by atoms with van der Waals surface area (Å²) >= 11 is 0. The monoisotopic (exact) mass is 412 g/mol. The van der Waals surface area contributed by atoms with Gasteiger partial charge in [-0.2, -0.15) is 5.10 Å². The van der Waals surface area contributed by atoms with Crippen molar-refractivity contribution < 1.29 is 4.79 Å². The van der Waals surface area contributed by atoms with Crippen LogP contribution in [0.5, 0.6) is 0 Å². The number of aromatic nitrogens is 2. The molecule has 0 aliphatic carbocycles. The van der Waals surface area contributed by atoms with Crippen LogP contribution in [0.15, 0.2) is 47.3 Å². The maximum Gasteiger partial charge on any atom is 0.267 e. The van der Waals surface area contributed by atoms with E-state index in [1.807, 2.05) is 18.2 Å². The highest BCUT2D eigenvalue weighted by atomic mass is 16.2. The maximum absolute atomic E-state index is 12.3. The van der Waals surface area contributed by atoms with Crippen LogP contribution < -0.4 is 20.7 Å². The van der Waals surface area contributed by atoms with Crippen molar-refractivity contribution in [2.75, 3.05) is 62.2 Å². The zero-order chi connectivity index (χ0) is 21.3. The molecule has 1 fully saturated rings. The third-order valence-electron chi connectivity index (χ3n) is 5.52. The van der Waals surface area contributed by atoms with E-state index in [1.165, 1.54) is 16.4 Å². The van der Waals surface area contributed by atoms with E-state index < -0.39 is 0 Å². The largest absolute Gasteiger partial charge is 0.368 e. The molecule has 1 aliphatic heterocycles. The van der Waals surface area contributed by atoms with Gasteiger partial charge >= 0.3 is 0 Å². The van der Waals surface area contributed by atoms with Gasteiger partial charge in [-0.25, -0.2) is 4.68 Å². The smallest absolute Gasteiger partial charge is 0.267 e. The molecular weight excluding hydrogens is 380 g/mol. The van der Waals surface area contributed by atoms with Crippen molar-refractivity contribution in [1.29, 1.82) is 0 Å². The van der Waals surface area contributed by atoms with E-state index in [-0.39, 0.29) is 18.0 Å². The van der Waals surface area contributed by atoms with E-state index >= 15 is 0 Å². The lowest BCUT2D eigenvalue weighted by atomic mass is 10.2. The number of carbonyl (C=O) groups excluding carboxylic acids is 1. The van der Waals surface area contributed by atoms with E-state index in [9.17, 15) is 9.59 Å². The summed E-state index contributed by atoms with van der Waals surface area (Å²) in [7, 11) is 0. The quantitative estimate of drug-likeness (QED) is 0.663. The Kier molecular flexibility index (Phi) is 7.84. The summed E-state index contributed by atoms with van der Waals surface area (Å²) in [6, 6.07) is 13.6. The second-order valence-electron chi connectivity index (χ2n) is 7.37. The Morgan fingerprint density at radius 3 is 2.33 bits per heavy atom. The van der Waals surface area contributed by atoms with Crippen LogP contribution in [0, 0.1) is 0 Å². The van der Waals surface area contributed by atoms with Gasteiger partial charge < -0.3 is 20.0 Å². The first kappa shape index (κ1) is 21.8.